The predicted molar refractivity (Wildman–Crippen MR) is 257 cm³/mol. The van der Waals surface area contributed by atoms with Crippen LogP contribution in [0.5, 0.6) is 0 Å². The molecule has 352 valence electrons. The fraction of sp³-hybridized carbons (Fsp3) is 0.815. The Hall–Kier alpha value is -2.22. The second kappa shape index (κ2) is 39.4. The number of allylic oxidation sites excluding steroid dienone is 8. The van der Waals surface area contributed by atoms with E-state index in [0.717, 1.165) is 70.9 Å². The SMILES string of the molecule is CCCCC/C=C\C/C=C\CCCCCCCCOCC(COC(=O)CC1CCC(OC(=O)C2CCN(C)CC2)C1C)OCCCCCCCC/C=C\C/C=C\CCCCC. The summed E-state index contributed by atoms with van der Waals surface area (Å²) in [6.07, 6.45) is 51.3. The molecule has 0 aromatic carbocycles. The Bertz CT molecular complexity index is 1160. The lowest BCUT2D eigenvalue weighted by Crippen LogP contribution is -2.36. The zero-order chi connectivity index (χ0) is 43.9. The summed E-state index contributed by atoms with van der Waals surface area (Å²) in [6, 6.07) is 0. The van der Waals surface area contributed by atoms with Crippen LogP contribution in [0.1, 0.15) is 207 Å². The number of ether oxygens (including phenoxy) is 4. The first-order chi connectivity index (χ1) is 29.9. The highest BCUT2D eigenvalue weighted by Gasteiger charge is 2.38. The molecule has 0 amide bonds. The maximum absolute atomic E-state index is 13.1. The molecule has 7 heteroatoms. The fourth-order valence-corrected chi connectivity index (χ4v) is 8.50. The Balaban J connectivity index is 1.63. The molecule has 2 rings (SSSR count). The third-order valence-corrected chi connectivity index (χ3v) is 12.8. The average molecular weight is 854 g/mol. The van der Waals surface area contributed by atoms with Gasteiger partial charge in [-0.3, -0.25) is 9.59 Å². The summed E-state index contributed by atoms with van der Waals surface area (Å²) in [5, 5.41) is 0. The summed E-state index contributed by atoms with van der Waals surface area (Å²) in [6.45, 7) is 10.6. The first-order valence-corrected chi connectivity index (χ1v) is 25.8. The van der Waals surface area contributed by atoms with E-state index in [9.17, 15) is 9.59 Å². The number of rotatable bonds is 39. The smallest absolute Gasteiger partial charge is 0.309 e. The lowest BCUT2D eigenvalue weighted by molar-refractivity contribution is -0.157. The number of esters is 2. The summed E-state index contributed by atoms with van der Waals surface area (Å²) >= 11 is 0. The highest BCUT2D eigenvalue weighted by atomic mass is 16.6. The molecule has 1 saturated heterocycles. The maximum atomic E-state index is 13.1. The predicted octanol–water partition coefficient (Wildman–Crippen LogP) is 14.2. The minimum absolute atomic E-state index is 0.00176. The second-order valence-electron chi connectivity index (χ2n) is 18.4. The number of hydrogen-bond donors (Lipinski definition) is 0. The molecule has 4 unspecified atom stereocenters. The molecule has 7 nitrogen and oxygen atoms in total. The van der Waals surface area contributed by atoms with Crippen molar-refractivity contribution in [3.05, 3.63) is 48.6 Å². The first kappa shape index (κ1) is 54.9. The molecule has 1 saturated carbocycles. The average Bonchev–Trinajstić information content (AvgIpc) is 3.59. The number of nitrogens with zero attached hydrogens (tertiary/aromatic N) is 1. The van der Waals surface area contributed by atoms with E-state index in [4.69, 9.17) is 18.9 Å². The van der Waals surface area contributed by atoms with E-state index >= 15 is 0 Å². The summed E-state index contributed by atoms with van der Waals surface area (Å²) in [4.78, 5) is 28.2. The molecule has 61 heavy (non-hydrogen) atoms. The van der Waals surface area contributed by atoms with Crippen LogP contribution in [0.3, 0.4) is 0 Å². The number of carbonyl (C=O) groups excluding carboxylic acids is 2. The number of hydrogen-bond acceptors (Lipinski definition) is 7. The van der Waals surface area contributed by atoms with Crippen molar-refractivity contribution < 1.29 is 28.5 Å². The maximum Gasteiger partial charge on any atom is 0.309 e. The largest absolute Gasteiger partial charge is 0.463 e. The molecule has 0 aromatic rings. The standard InChI is InChI=1S/C54H95NO6/c1-5-7-9-11-13-15-17-19-21-23-25-27-29-31-33-35-43-58-46-51(59-44-36-34-32-30-28-26-24-22-20-18-16-14-12-10-8-6-2)47-60-53(56)45-50-37-38-52(48(50)3)61-54(57)49-39-41-55(4)42-40-49/h13-16,19-22,48-52H,5-12,17-18,23-47H2,1-4H3/b15-13-,16-14-,21-19-,22-20-. The molecule has 1 aliphatic carbocycles. The summed E-state index contributed by atoms with van der Waals surface area (Å²) in [5.74, 6) is 0.0774. The van der Waals surface area contributed by atoms with E-state index < -0.39 is 0 Å². The Kier molecular flexibility index (Phi) is 35.4. The van der Waals surface area contributed by atoms with Gasteiger partial charge in [0.15, 0.2) is 0 Å². The van der Waals surface area contributed by atoms with E-state index in [1.807, 2.05) is 0 Å². The van der Waals surface area contributed by atoms with E-state index in [2.05, 4.69) is 81.3 Å². The van der Waals surface area contributed by atoms with Gasteiger partial charge < -0.3 is 23.8 Å². The van der Waals surface area contributed by atoms with Gasteiger partial charge in [0.25, 0.3) is 0 Å². The van der Waals surface area contributed by atoms with Crippen molar-refractivity contribution in [1.29, 1.82) is 0 Å². The van der Waals surface area contributed by atoms with Crippen LogP contribution in [0, 0.1) is 17.8 Å². The summed E-state index contributed by atoms with van der Waals surface area (Å²) < 4.78 is 24.2. The van der Waals surface area contributed by atoms with Gasteiger partial charge in [-0.25, -0.2) is 0 Å². The van der Waals surface area contributed by atoms with Gasteiger partial charge in [0.05, 0.1) is 12.5 Å². The quantitative estimate of drug-likeness (QED) is 0.0346. The van der Waals surface area contributed by atoms with Crippen LogP contribution in [0.4, 0.5) is 0 Å². The Labute approximate surface area is 376 Å². The van der Waals surface area contributed by atoms with Gasteiger partial charge in [-0.2, -0.15) is 0 Å². The van der Waals surface area contributed by atoms with E-state index in [0.29, 0.717) is 26.2 Å². The van der Waals surface area contributed by atoms with Crippen molar-refractivity contribution in [2.24, 2.45) is 17.8 Å². The molecule has 0 aromatic heterocycles. The van der Waals surface area contributed by atoms with Gasteiger partial charge in [-0.15, -0.1) is 0 Å². The van der Waals surface area contributed by atoms with Crippen molar-refractivity contribution in [1.82, 2.24) is 4.90 Å². The number of unbranched alkanes of at least 4 members (excludes halogenated alkanes) is 18. The number of likely N-dealkylation sites (tertiary alicyclic amines) is 1. The van der Waals surface area contributed by atoms with E-state index in [-0.39, 0.29) is 48.5 Å². The number of piperidine rings is 1. The lowest BCUT2D eigenvalue weighted by Gasteiger charge is -2.29. The zero-order valence-electron chi connectivity index (χ0n) is 40.2. The molecule has 1 heterocycles. The van der Waals surface area contributed by atoms with Crippen molar-refractivity contribution in [3.63, 3.8) is 0 Å². The third-order valence-electron chi connectivity index (χ3n) is 12.8. The van der Waals surface area contributed by atoms with Gasteiger partial charge in [0.2, 0.25) is 0 Å². The van der Waals surface area contributed by atoms with Gasteiger partial charge >= 0.3 is 11.9 Å². The van der Waals surface area contributed by atoms with Gasteiger partial charge in [-0.05, 0) is 135 Å². The molecule has 0 spiro atoms. The monoisotopic (exact) mass is 854 g/mol. The van der Waals surface area contributed by atoms with Crippen molar-refractivity contribution >= 4 is 11.9 Å². The normalized spacial score (nSPS) is 19.6. The van der Waals surface area contributed by atoms with Crippen LogP contribution >= 0.6 is 0 Å². The molecule has 0 N–H and O–H groups in total. The second-order valence-corrected chi connectivity index (χ2v) is 18.4. The van der Waals surface area contributed by atoms with Crippen molar-refractivity contribution in [2.45, 2.75) is 219 Å². The lowest BCUT2D eigenvalue weighted by atomic mass is 9.93. The highest BCUT2D eigenvalue weighted by molar-refractivity contribution is 5.73. The molecule has 4 atom stereocenters. The van der Waals surface area contributed by atoms with Crippen LogP contribution in [0.15, 0.2) is 48.6 Å². The van der Waals surface area contributed by atoms with Crippen LogP contribution in [0.25, 0.3) is 0 Å². The van der Waals surface area contributed by atoms with E-state index in [1.165, 1.54) is 122 Å². The van der Waals surface area contributed by atoms with Crippen LogP contribution < -0.4 is 0 Å². The number of carbonyl (C=O) groups is 2. The van der Waals surface area contributed by atoms with Crippen molar-refractivity contribution in [2.75, 3.05) is 46.6 Å². The molecular weight excluding hydrogens is 759 g/mol. The van der Waals surface area contributed by atoms with Crippen LogP contribution in [-0.2, 0) is 28.5 Å². The third kappa shape index (κ3) is 30.5. The Morgan fingerprint density at radius 1 is 0.590 bits per heavy atom. The van der Waals surface area contributed by atoms with Gasteiger partial charge in [0, 0.05) is 19.6 Å². The highest BCUT2D eigenvalue weighted by Crippen LogP contribution is 2.37. The molecule has 0 bridgehead atoms. The van der Waals surface area contributed by atoms with Crippen LogP contribution in [0.2, 0.25) is 0 Å². The van der Waals surface area contributed by atoms with Gasteiger partial charge in [0.1, 0.15) is 18.8 Å². The minimum atomic E-state index is -0.254. The molecule has 1 aliphatic heterocycles. The minimum Gasteiger partial charge on any atom is -0.463 e. The van der Waals surface area contributed by atoms with Crippen LogP contribution in [-0.4, -0.2) is 75.6 Å². The topological polar surface area (TPSA) is 74.3 Å². The van der Waals surface area contributed by atoms with E-state index in [1.54, 1.807) is 0 Å². The zero-order valence-corrected chi connectivity index (χ0v) is 40.2. The van der Waals surface area contributed by atoms with Gasteiger partial charge in [-0.1, -0.05) is 146 Å². The summed E-state index contributed by atoms with van der Waals surface area (Å²) in [7, 11) is 2.10. The summed E-state index contributed by atoms with van der Waals surface area (Å²) in [5.41, 5.74) is 0. The Morgan fingerprint density at radius 2 is 1.08 bits per heavy atom. The first-order valence-electron chi connectivity index (χ1n) is 25.8. The fourth-order valence-electron chi connectivity index (χ4n) is 8.50. The molecule has 0 radical (unpaired) electrons. The molecular formula is C54H95NO6. The Morgan fingerprint density at radius 3 is 1.62 bits per heavy atom. The molecule has 2 aliphatic rings. The molecule has 2 fully saturated rings. The van der Waals surface area contributed by atoms with Crippen molar-refractivity contribution in [3.8, 4) is 0 Å².